The van der Waals surface area contributed by atoms with Crippen LogP contribution in [-0.4, -0.2) is 17.0 Å². The van der Waals surface area contributed by atoms with Crippen LogP contribution >= 0.6 is 23.3 Å². The zero-order valence-corrected chi connectivity index (χ0v) is 12.2. The van der Waals surface area contributed by atoms with Crippen molar-refractivity contribution in [3.63, 3.8) is 0 Å². The van der Waals surface area contributed by atoms with Crippen molar-refractivity contribution in [3.8, 4) is 0 Å². The van der Waals surface area contributed by atoms with Crippen molar-refractivity contribution in [1.29, 1.82) is 0 Å². The number of aliphatic hydroxyl groups is 1. The van der Waals surface area contributed by atoms with E-state index < -0.39 is 12.7 Å². The molecule has 0 aliphatic carbocycles. The molecule has 0 saturated carbocycles. The zero-order chi connectivity index (χ0) is 12.9. The normalized spacial score (nSPS) is 18.1. The summed E-state index contributed by atoms with van der Waals surface area (Å²) in [5.74, 6) is 1.21. The first-order valence-corrected chi connectivity index (χ1v) is 8.07. The van der Waals surface area contributed by atoms with E-state index in [-0.39, 0.29) is 11.9 Å². The fourth-order valence-corrected chi connectivity index (χ4v) is 4.60. The van der Waals surface area contributed by atoms with Gasteiger partial charge in [0.2, 0.25) is 0 Å². The van der Waals surface area contributed by atoms with Gasteiger partial charge in [0.15, 0.2) is 5.34 Å². The van der Waals surface area contributed by atoms with Gasteiger partial charge in [-0.15, -0.1) is 0 Å². The number of hydrogen-bond acceptors (Lipinski definition) is 3. The zero-order valence-electron chi connectivity index (χ0n) is 9.67. The smallest absolute Gasteiger partial charge is 0.260 e. The maximum absolute atomic E-state index is 12.6. The Labute approximate surface area is 110 Å². The lowest BCUT2D eigenvalue weighted by molar-refractivity contribution is 0.127. The van der Waals surface area contributed by atoms with Crippen molar-refractivity contribution in [3.05, 3.63) is 48.3 Å². The van der Waals surface area contributed by atoms with Gasteiger partial charge in [0.1, 0.15) is 0 Å². The summed E-state index contributed by atoms with van der Waals surface area (Å²) in [7, 11) is -3.37. The maximum atomic E-state index is 12.6. The van der Waals surface area contributed by atoms with E-state index in [2.05, 4.69) is 22.5 Å². The van der Waals surface area contributed by atoms with E-state index in [4.69, 9.17) is 4.52 Å². The predicted octanol–water partition coefficient (Wildman–Crippen LogP) is 3.68. The standard InChI is InChI=1S/C12H16BrO3P/c1-3-16-17(15,4-2)12(14,10-13)11-8-6-5-7-9-11/h4-9,14H,2-3,10H2,1H3/t12-,17+/m1/s1. The number of hydrogen-bond donors (Lipinski definition) is 1. The Kier molecular flexibility index (Phi) is 5.14. The fourth-order valence-electron chi connectivity index (χ4n) is 1.55. The highest BCUT2D eigenvalue weighted by molar-refractivity contribution is 9.09. The number of halogens is 1. The lowest BCUT2D eigenvalue weighted by Gasteiger charge is -2.32. The number of rotatable bonds is 6. The largest absolute Gasteiger partial charge is 0.374 e. The SMILES string of the molecule is C=C[P@](=O)(OCC)[C@](O)(CBr)c1ccccc1. The lowest BCUT2D eigenvalue weighted by atomic mass is 10.1. The Morgan fingerprint density at radius 3 is 2.53 bits per heavy atom. The highest BCUT2D eigenvalue weighted by atomic mass is 79.9. The summed E-state index contributed by atoms with van der Waals surface area (Å²) in [4.78, 5) is 0. The van der Waals surface area contributed by atoms with Crippen molar-refractivity contribution in [2.45, 2.75) is 12.3 Å². The lowest BCUT2D eigenvalue weighted by Crippen LogP contribution is -2.28. The molecule has 94 valence electrons. The quantitative estimate of drug-likeness (QED) is 0.643. The monoisotopic (exact) mass is 318 g/mol. The molecule has 0 aromatic heterocycles. The second-order valence-electron chi connectivity index (χ2n) is 3.51. The first-order chi connectivity index (χ1) is 8.04. The van der Waals surface area contributed by atoms with Gasteiger partial charge in [0.05, 0.1) is 6.61 Å². The van der Waals surface area contributed by atoms with E-state index in [0.717, 1.165) is 0 Å². The van der Waals surface area contributed by atoms with E-state index >= 15 is 0 Å². The molecule has 1 rings (SSSR count). The molecule has 3 nitrogen and oxygen atoms in total. The Balaban J connectivity index is 3.29. The third kappa shape index (κ3) is 2.71. The minimum absolute atomic E-state index is 0.118. The van der Waals surface area contributed by atoms with Gasteiger partial charge in [-0.1, -0.05) is 52.8 Å². The maximum Gasteiger partial charge on any atom is 0.260 e. The summed E-state index contributed by atoms with van der Waals surface area (Å²) in [5, 5.41) is 9.18. The average Bonchev–Trinajstić information content (AvgIpc) is 2.38. The Hall–Kier alpha value is -0.410. The van der Waals surface area contributed by atoms with Gasteiger partial charge in [-0.3, -0.25) is 4.57 Å². The molecule has 0 saturated heterocycles. The van der Waals surface area contributed by atoms with Crippen LogP contribution in [0.2, 0.25) is 0 Å². The summed E-state index contributed by atoms with van der Waals surface area (Å²) < 4.78 is 17.9. The highest BCUT2D eigenvalue weighted by Gasteiger charge is 2.46. The second kappa shape index (κ2) is 5.96. The fraction of sp³-hybridized carbons (Fsp3) is 0.333. The molecule has 2 atom stereocenters. The molecule has 0 heterocycles. The molecule has 1 aromatic rings. The second-order valence-corrected chi connectivity index (χ2v) is 6.63. The van der Waals surface area contributed by atoms with Crippen LogP contribution in [0.15, 0.2) is 42.7 Å². The predicted molar refractivity (Wildman–Crippen MR) is 73.6 cm³/mol. The molecule has 5 heteroatoms. The van der Waals surface area contributed by atoms with Crippen LogP contribution in [0, 0.1) is 0 Å². The molecule has 17 heavy (non-hydrogen) atoms. The number of benzene rings is 1. The van der Waals surface area contributed by atoms with Crippen LogP contribution < -0.4 is 0 Å². The Bertz CT molecular complexity index is 421. The van der Waals surface area contributed by atoms with Gasteiger partial charge in [0, 0.05) is 5.33 Å². The van der Waals surface area contributed by atoms with Gasteiger partial charge in [-0.05, 0) is 18.3 Å². The van der Waals surface area contributed by atoms with E-state index in [1.54, 1.807) is 31.2 Å². The highest BCUT2D eigenvalue weighted by Crippen LogP contribution is 2.64. The third-order valence-corrected chi connectivity index (χ3v) is 6.31. The molecular formula is C12H16BrO3P. The van der Waals surface area contributed by atoms with Crippen molar-refractivity contribution >= 4 is 23.3 Å². The summed E-state index contributed by atoms with van der Waals surface area (Å²) >= 11 is 3.21. The van der Waals surface area contributed by atoms with Gasteiger partial charge in [0.25, 0.3) is 7.37 Å². The van der Waals surface area contributed by atoms with Gasteiger partial charge in [-0.2, -0.15) is 0 Å². The van der Waals surface area contributed by atoms with Crippen molar-refractivity contribution in [1.82, 2.24) is 0 Å². The molecule has 0 unspecified atom stereocenters. The molecule has 0 radical (unpaired) electrons. The topological polar surface area (TPSA) is 46.5 Å². The van der Waals surface area contributed by atoms with Crippen LogP contribution in [0.3, 0.4) is 0 Å². The van der Waals surface area contributed by atoms with Gasteiger partial charge in [-0.25, -0.2) is 0 Å². The summed E-state index contributed by atoms with van der Waals surface area (Å²) in [6.07, 6.45) is 0. The minimum atomic E-state index is -3.37. The summed E-state index contributed by atoms with van der Waals surface area (Å²) in [6, 6.07) is 8.83. The van der Waals surface area contributed by atoms with E-state index in [9.17, 15) is 9.67 Å². The Morgan fingerprint density at radius 1 is 1.53 bits per heavy atom. The van der Waals surface area contributed by atoms with E-state index in [1.807, 2.05) is 6.07 Å². The molecule has 1 aromatic carbocycles. The Morgan fingerprint density at radius 2 is 2.12 bits per heavy atom. The van der Waals surface area contributed by atoms with Crippen molar-refractivity contribution in [2.24, 2.45) is 0 Å². The van der Waals surface area contributed by atoms with Crippen LogP contribution in [-0.2, 0) is 14.4 Å². The van der Waals surface area contributed by atoms with Crippen LogP contribution in [0.4, 0.5) is 0 Å². The molecule has 0 aliphatic rings. The van der Waals surface area contributed by atoms with Gasteiger partial charge >= 0.3 is 0 Å². The van der Waals surface area contributed by atoms with Crippen LogP contribution in [0.25, 0.3) is 0 Å². The number of alkyl halides is 1. The van der Waals surface area contributed by atoms with E-state index in [1.165, 1.54) is 5.82 Å². The van der Waals surface area contributed by atoms with Crippen LogP contribution in [0.5, 0.6) is 0 Å². The molecule has 0 fully saturated rings. The molecule has 0 aliphatic heterocycles. The molecule has 0 bridgehead atoms. The summed E-state index contributed by atoms with van der Waals surface area (Å²) in [5.41, 5.74) is 0.550. The first-order valence-electron chi connectivity index (χ1n) is 5.26. The first kappa shape index (κ1) is 14.7. The van der Waals surface area contributed by atoms with E-state index in [0.29, 0.717) is 5.56 Å². The molecule has 1 N–H and O–H groups in total. The molecular weight excluding hydrogens is 303 g/mol. The minimum Gasteiger partial charge on any atom is -0.374 e. The third-order valence-electron chi connectivity index (χ3n) is 2.50. The average molecular weight is 319 g/mol. The van der Waals surface area contributed by atoms with Crippen LogP contribution in [0.1, 0.15) is 12.5 Å². The van der Waals surface area contributed by atoms with Crippen molar-refractivity contribution in [2.75, 3.05) is 11.9 Å². The van der Waals surface area contributed by atoms with Crippen molar-refractivity contribution < 1.29 is 14.2 Å². The molecule has 0 amide bonds. The van der Waals surface area contributed by atoms with Gasteiger partial charge < -0.3 is 9.63 Å². The molecule has 0 spiro atoms. The summed E-state index contributed by atoms with van der Waals surface area (Å²) in [6.45, 7) is 5.51.